The van der Waals surface area contributed by atoms with Gasteiger partial charge in [-0.1, -0.05) is 24.3 Å². The third-order valence-electron chi connectivity index (χ3n) is 3.96. The summed E-state index contributed by atoms with van der Waals surface area (Å²) in [7, 11) is 1.30. The SMILES string of the molecule is COc1cccc2c1N(CC(F)(F)F)C(=O)C[N+]([O-])=C2c1ccccc1. The van der Waals surface area contributed by atoms with E-state index in [0.29, 0.717) is 15.2 Å². The number of hydrogen-bond acceptors (Lipinski definition) is 3. The number of benzene rings is 2. The molecule has 0 saturated heterocycles. The van der Waals surface area contributed by atoms with Gasteiger partial charge in [0.1, 0.15) is 18.0 Å². The summed E-state index contributed by atoms with van der Waals surface area (Å²) in [4.78, 5) is 13.0. The van der Waals surface area contributed by atoms with Crippen LogP contribution in [0.3, 0.4) is 0 Å². The highest BCUT2D eigenvalue weighted by atomic mass is 19.4. The van der Waals surface area contributed by atoms with E-state index < -0.39 is 25.2 Å². The predicted octanol–water partition coefficient (Wildman–Crippen LogP) is 2.95. The number of benzodiazepines with no additional fused rings is 1. The van der Waals surface area contributed by atoms with E-state index in [9.17, 15) is 23.2 Å². The standard InChI is InChI=1S/C18H15F3N2O3/c1-26-14-9-5-8-13-16(12-6-3-2-4-7-12)23(25)10-15(24)22(17(13)14)11-18(19,20)21/h2-9H,10-11H2,1H3. The van der Waals surface area contributed by atoms with Gasteiger partial charge in [0.15, 0.2) is 0 Å². The summed E-state index contributed by atoms with van der Waals surface area (Å²) in [6.45, 7) is -2.23. The van der Waals surface area contributed by atoms with Crippen molar-refractivity contribution in [1.29, 1.82) is 0 Å². The molecule has 0 aliphatic carbocycles. The van der Waals surface area contributed by atoms with Crippen molar-refractivity contribution in [2.24, 2.45) is 0 Å². The van der Waals surface area contributed by atoms with Gasteiger partial charge in [-0.15, -0.1) is 0 Å². The second-order valence-electron chi connectivity index (χ2n) is 5.70. The van der Waals surface area contributed by atoms with Crippen molar-refractivity contribution >= 4 is 17.3 Å². The molecule has 0 spiro atoms. The molecule has 0 saturated carbocycles. The number of rotatable bonds is 3. The molecule has 8 heteroatoms. The fourth-order valence-electron chi connectivity index (χ4n) is 2.94. The van der Waals surface area contributed by atoms with Gasteiger partial charge in [-0.25, -0.2) is 0 Å². The number of amides is 1. The zero-order valence-electron chi connectivity index (χ0n) is 13.8. The molecular formula is C18H15F3N2O3. The van der Waals surface area contributed by atoms with Crippen LogP contribution in [0.4, 0.5) is 18.9 Å². The molecule has 0 aromatic heterocycles. The van der Waals surface area contributed by atoms with Gasteiger partial charge in [0, 0.05) is 5.56 Å². The Morgan fingerprint density at radius 3 is 2.46 bits per heavy atom. The zero-order chi connectivity index (χ0) is 18.9. The Labute approximate surface area is 147 Å². The maximum Gasteiger partial charge on any atom is 0.406 e. The molecule has 3 rings (SSSR count). The fourth-order valence-corrected chi connectivity index (χ4v) is 2.94. The number of alkyl halides is 3. The molecule has 0 radical (unpaired) electrons. The van der Waals surface area contributed by atoms with E-state index in [2.05, 4.69) is 0 Å². The van der Waals surface area contributed by atoms with Crippen molar-refractivity contribution in [3.63, 3.8) is 0 Å². The number of fused-ring (bicyclic) bond motifs is 1. The normalized spacial score (nSPS) is 14.9. The summed E-state index contributed by atoms with van der Waals surface area (Å²) >= 11 is 0. The van der Waals surface area contributed by atoms with Gasteiger partial charge in [-0.3, -0.25) is 9.69 Å². The van der Waals surface area contributed by atoms with Crippen LogP contribution >= 0.6 is 0 Å². The lowest BCUT2D eigenvalue weighted by molar-refractivity contribution is -0.443. The number of anilines is 1. The highest BCUT2D eigenvalue weighted by Crippen LogP contribution is 2.37. The second-order valence-corrected chi connectivity index (χ2v) is 5.70. The van der Waals surface area contributed by atoms with Gasteiger partial charge < -0.3 is 9.94 Å². The van der Waals surface area contributed by atoms with Crippen molar-refractivity contribution in [3.05, 3.63) is 64.9 Å². The number of hydrogen-bond donors (Lipinski definition) is 0. The summed E-state index contributed by atoms with van der Waals surface area (Å²) in [5, 5.41) is 12.6. The van der Waals surface area contributed by atoms with Crippen LogP contribution < -0.4 is 9.64 Å². The van der Waals surface area contributed by atoms with Crippen LogP contribution in [0.5, 0.6) is 5.75 Å². The second kappa shape index (κ2) is 6.70. The van der Waals surface area contributed by atoms with Crippen LogP contribution in [0, 0.1) is 5.21 Å². The Bertz CT molecular complexity index is 864. The van der Waals surface area contributed by atoms with Gasteiger partial charge in [0.2, 0.25) is 12.3 Å². The average molecular weight is 364 g/mol. The molecule has 0 bridgehead atoms. The average Bonchev–Trinajstić information content (AvgIpc) is 2.69. The fraction of sp³-hybridized carbons (Fsp3) is 0.222. The van der Waals surface area contributed by atoms with E-state index in [0.717, 1.165) is 0 Å². The molecule has 0 N–H and O–H groups in total. The molecule has 1 aliphatic rings. The van der Waals surface area contributed by atoms with Crippen molar-refractivity contribution in [1.82, 2.24) is 0 Å². The maximum absolute atomic E-state index is 13.1. The molecule has 1 aliphatic heterocycles. The van der Waals surface area contributed by atoms with Crippen molar-refractivity contribution < 1.29 is 27.4 Å². The van der Waals surface area contributed by atoms with E-state index in [-0.39, 0.29) is 22.7 Å². The van der Waals surface area contributed by atoms with Crippen LogP contribution in [-0.4, -0.2) is 42.7 Å². The minimum atomic E-state index is -4.63. The van der Waals surface area contributed by atoms with Crippen LogP contribution in [-0.2, 0) is 4.79 Å². The largest absolute Gasteiger partial charge is 0.623 e. The van der Waals surface area contributed by atoms with Gasteiger partial charge in [-0.2, -0.15) is 17.9 Å². The lowest BCUT2D eigenvalue weighted by Gasteiger charge is -2.24. The summed E-state index contributed by atoms with van der Waals surface area (Å²) in [5.74, 6) is -0.863. The van der Waals surface area contributed by atoms with Crippen molar-refractivity contribution in [3.8, 4) is 5.75 Å². The Hall–Kier alpha value is -3.03. The number of para-hydroxylation sites is 1. The highest BCUT2D eigenvalue weighted by Gasteiger charge is 2.40. The van der Waals surface area contributed by atoms with E-state index in [4.69, 9.17) is 4.74 Å². The Balaban J connectivity index is 2.28. The third kappa shape index (κ3) is 3.35. The smallest absolute Gasteiger partial charge is 0.406 e. The van der Waals surface area contributed by atoms with E-state index in [1.807, 2.05) is 0 Å². The molecule has 2 aromatic carbocycles. The Kier molecular flexibility index (Phi) is 4.58. The minimum Gasteiger partial charge on any atom is -0.623 e. The van der Waals surface area contributed by atoms with E-state index in [1.54, 1.807) is 36.4 Å². The lowest BCUT2D eigenvalue weighted by Crippen LogP contribution is -2.41. The molecule has 0 atom stereocenters. The van der Waals surface area contributed by atoms with Crippen molar-refractivity contribution in [2.45, 2.75) is 6.18 Å². The molecule has 136 valence electrons. The summed E-state index contributed by atoms with van der Waals surface area (Å²) in [6, 6.07) is 13.0. The minimum absolute atomic E-state index is 0.0606. The highest BCUT2D eigenvalue weighted by molar-refractivity contribution is 6.17. The molecule has 1 amide bonds. The summed E-state index contributed by atoms with van der Waals surface area (Å²) < 4.78 is 44.8. The van der Waals surface area contributed by atoms with E-state index in [1.165, 1.54) is 19.2 Å². The molecular weight excluding hydrogens is 349 g/mol. The maximum atomic E-state index is 13.1. The predicted molar refractivity (Wildman–Crippen MR) is 89.5 cm³/mol. The number of methoxy groups -OCH3 is 1. The third-order valence-corrected chi connectivity index (χ3v) is 3.96. The zero-order valence-corrected chi connectivity index (χ0v) is 13.8. The molecule has 26 heavy (non-hydrogen) atoms. The van der Waals surface area contributed by atoms with Crippen LogP contribution in [0.15, 0.2) is 48.5 Å². The first kappa shape index (κ1) is 17.8. The first-order valence-electron chi connectivity index (χ1n) is 7.73. The number of halogens is 3. The first-order chi connectivity index (χ1) is 12.3. The molecule has 0 fully saturated rings. The summed E-state index contributed by atoms with van der Waals surface area (Å²) in [6.07, 6.45) is -4.63. The molecule has 2 aromatic rings. The first-order valence-corrected chi connectivity index (χ1v) is 7.73. The number of carbonyl (C=O) groups is 1. The Morgan fingerprint density at radius 2 is 1.85 bits per heavy atom. The van der Waals surface area contributed by atoms with Gasteiger partial charge >= 0.3 is 6.18 Å². The number of hydroxylamine groups is 1. The number of ether oxygens (including phenoxy) is 1. The van der Waals surface area contributed by atoms with Gasteiger partial charge in [-0.05, 0) is 24.3 Å². The number of nitrogens with zero attached hydrogens (tertiary/aromatic N) is 2. The molecule has 0 unspecified atom stereocenters. The van der Waals surface area contributed by atoms with Crippen LogP contribution in [0.2, 0.25) is 0 Å². The lowest BCUT2D eigenvalue weighted by atomic mass is 9.99. The molecule has 1 heterocycles. The Morgan fingerprint density at radius 1 is 1.15 bits per heavy atom. The number of carbonyl (C=O) groups excluding carboxylic acids is 1. The van der Waals surface area contributed by atoms with Gasteiger partial charge in [0.25, 0.3) is 5.91 Å². The summed E-state index contributed by atoms with van der Waals surface area (Å²) in [5.41, 5.74) is 0.770. The van der Waals surface area contributed by atoms with Gasteiger partial charge in [0.05, 0.1) is 12.7 Å². The monoisotopic (exact) mass is 364 g/mol. The van der Waals surface area contributed by atoms with Crippen LogP contribution in [0.25, 0.3) is 0 Å². The topological polar surface area (TPSA) is 55.6 Å². The van der Waals surface area contributed by atoms with Crippen LogP contribution in [0.1, 0.15) is 11.1 Å². The molecule has 5 nitrogen and oxygen atoms in total. The van der Waals surface area contributed by atoms with E-state index >= 15 is 0 Å². The van der Waals surface area contributed by atoms with Crippen molar-refractivity contribution in [2.75, 3.05) is 25.1 Å². The quantitative estimate of drug-likeness (QED) is 0.622.